The Morgan fingerprint density at radius 3 is 2.09 bits per heavy atom. The van der Waals surface area contributed by atoms with E-state index < -0.39 is 50.4 Å². The van der Waals surface area contributed by atoms with Crippen LogP contribution in [0.25, 0.3) is 0 Å². The molecule has 10 nitrogen and oxygen atoms in total. The molecule has 0 aliphatic rings. The number of methoxy groups -OCH3 is 2. The summed E-state index contributed by atoms with van der Waals surface area (Å²) in [5, 5.41) is 0.827. The molecule has 0 aliphatic carbocycles. The number of ether oxygens (including phenoxy) is 4. The predicted octanol–water partition coefficient (Wildman–Crippen LogP) is 2.83. The molecular formula is C22H33NO9S2. The quantitative estimate of drug-likeness (QED) is 0.281. The van der Waals surface area contributed by atoms with Gasteiger partial charge in [-0.1, -0.05) is 6.92 Å². The molecule has 1 rings (SSSR count). The molecule has 1 amide bonds. The molecule has 0 saturated heterocycles. The van der Waals surface area contributed by atoms with Crippen molar-refractivity contribution in [3.63, 3.8) is 0 Å². The van der Waals surface area contributed by atoms with Crippen molar-refractivity contribution in [2.24, 2.45) is 0 Å². The Hall–Kier alpha value is -2.47. The average Bonchev–Trinajstić information content (AvgIpc) is 3.15. The number of thiophene rings is 1. The Labute approximate surface area is 206 Å². The average molecular weight is 520 g/mol. The van der Waals surface area contributed by atoms with Crippen LogP contribution in [0.5, 0.6) is 0 Å². The van der Waals surface area contributed by atoms with E-state index in [1.165, 1.54) is 0 Å². The molecule has 12 heteroatoms. The van der Waals surface area contributed by atoms with Gasteiger partial charge in [-0.25, -0.2) is 9.59 Å². The van der Waals surface area contributed by atoms with Gasteiger partial charge in [0.2, 0.25) is 5.25 Å². The maximum atomic E-state index is 14.0. The van der Waals surface area contributed by atoms with E-state index >= 15 is 0 Å². The minimum atomic E-state index is -2.28. The standard InChI is InChI=1S/C22H33NO9S2/c1-9-22(12-23-20(27)32-21(4,5)6,34(28)15(18(25)29-7)19(26)30-8)16-13(3)11-14(33-16)17(24)31-10-2/h11,15H,9-10,12H2,1-8H3,(H,23,27). The number of hydrogen-bond acceptors (Lipinski definition) is 10. The molecule has 2 unspecified atom stereocenters. The smallest absolute Gasteiger partial charge is 0.407 e. The van der Waals surface area contributed by atoms with E-state index in [1.807, 2.05) is 0 Å². The molecule has 34 heavy (non-hydrogen) atoms. The zero-order valence-corrected chi connectivity index (χ0v) is 22.4. The van der Waals surface area contributed by atoms with Crippen LogP contribution < -0.4 is 5.32 Å². The van der Waals surface area contributed by atoms with Crippen LogP contribution in [-0.4, -0.2) is 66.4 Å². The van der Waals surface area contributed by atoms with Crippen molar-refractivity contribution in [1.29, 1.82) is 0 Å². The van der Waals surface area contributed by atoms with Gasteiger partial charge in [-0.2, -0.15) is 0 Å². The van der Waals surface area contributed by atoms with Gasteiger partial charge in [0, 0.05) is 11.4 Å². The first-order valence-electron chi connectivity index (χ1n) is 10.6. The SMILES string of the molecule is CCOC(=O)c1cc(C)c(C(CC)(CNC(=O)OC(C)(C)C)S(=O)C(C(=O)OC)C(=O)OC)s1. The number of amides is 1. The highest BCUT2D eigenvalue weighted by molar-refractivity contribution is 7.88. The fourth-order valence-electron chi connectivity index (χ4n) is 3.15. The number of nitrogens with one attached hydrogen (secondary N) is 1. The van der Waals surface area contributed by atoms with Crippen molar-refractivity contribution in [1.82, 2.24) is 5.32 Å². The molecule has 0 bridgehead atoms. The van der Waals surface area contributed by atoms with Gasteiger partial charge in [0.15, 0.2) is 0 Å². The monoisotopic (exact) mass is 519 g/mol. The van der Waals surface area contributed by atoms with Crippen molar-refractivity contribution < 1.29 is 42.3 Å². The summed E-state index contributed by atoms with van der Waals surface area (Å²) in [7, 11) is -0.146. The van der Waals surface area contributed by atoms with Crippen LogP contribution in [0.15, 0.2) is 6.07 Å². The lowest BCUT2D eigenvalue weighted by molar-refractivity contribution is -0.150. The van der Waals surface area contributed by atoms with E-state index in [4.69, 9.17) is 18.9 Å². The summed E-state index contributed by atoms with van der Waals surface area (Å²) in [5.74, 6) is -2.64. The Kier molecular flexibility index (Phi) is 10.7. The van der Waals surface area contributed by atoms with Crippen molar-refractivity contribution in [3.8, 4) is 0 Å². The van der Waals surface area contributed by atoms with E-state index in [9.17, 15) is 23.4 Å². The molecule has 0 saturated carbocycles. The van der Waals surface area contributed by atoms with E-state index in [-0.39, 0.29) is 24.4 Å². The molecule has 0 fully saturated rings. The Morgan fingerprint density at radius 1 is 1.09 bits per heavy atom. The number of aryl methyl sites for hydroxylation is 1. The van der Waals surface area contributed by atoms with Crippen molar-refractivity contribution in [2.45, 2.75) is 63.6 Å². The Bertz CT molecular complexity index is 919. The number of alkyl carbamates (subject to hydrolysis) is 1. The lowest BCUT2D eigenvalue weighted by atomic mass is 10.00. The molecule has 2 atom stereocenters. The summed E-state index contributed by atoms with van der Waals surface area (Å²) in [6.07, 6.45) is -0.640. The van der Waals surface area contributed by atoms with Gasteiger partial charge in [-0.3, -0.25) is 13.8 Å². The van der Waals surface area contributed by atoms with E-state index in [0.717, 1.165) is 25.6 Å². The molecule has 0 radical (unpaired) electrons. The Balaban J connectivity index is 3.64. The maximum absolute atomic E-state index is 14.0. The van der Waals surface area contributed by atoms with Gasteiger partial charge >= 0.3 is 24.0 Å². The van der Waals surface area contributed by atoms with Gasteiger partial charge in [-0.15, -0.1) is 11.3 Å². The zero-order valence-electron chi connectivity index (χ0n) is 20.8. The van der Waals surface area contributed by atoms with Gasteiger partial charge in [0.25, 0.3) is 0 Å². The van der Waals surface area contributed by atoms with Crippen molar-refractivity contribution >= 4 is 46.1 Å². The molecular weight excluding hydrogens is 486 g/mol. The van der Waals surface area contributed by atoms with Gasteiger partial charge in [-0.05, 0) is 52.7 Å². The highest BCUT2D eigenvalue weighted by Gasteiger charge is 2.50. The summed E-state index contributed by atoms with van der Waals surface area (Å²) >= 11 is 1.02. The lowest BCUT2D eigenvalue weighted by Gasteiger charge is -2.34. The first kappa shape index (κ1) is 29.6. The van der Waals surface area contributed by atoms with Gasteiger partial charge in [0.05, 0.1) is 36.4 Å². The normalized spacial score (nSPS) is 14.0. The van der Waals surface area contributed by atoms with Crippen LogP contribution in [0.4, 0.5) is 4.79 Å². The molecule has 1 N–H and O–H groups in total. The summed E-state index contributed by atoms with van der Waals surface area (Å²) in [6.45, 7) is 10.1. The van der Waals surface area contributed by atoms with Crippen LogP contribution >= 0.6 is 11.3 Å². The first-order valence-corrected chi connectivity index (χ1v) is 12.6. The second kappa shape index (κ2) is 12.3. The minimum Gasteiger partial charge on any atom is -0.468 e. The van der Waals surface area contributed by atoms with E-state index in [0.29, 0.717) is 10.4 Å². The first-order chi connectivity index (χ1) is 15.8. The maximum Gasteiger partial charge on any atom is 0.407 e. The molecule has 1 heterocycles. The second-order valence-corrected chi connectivity index (χ2v) is 11.2. The van der Waals surface area contributed by atoms with Gasteiger partial charge < -0.3 is 24.3 Å². The molecule has 192 valence electrons. The van der Waals surface area contributed by atoms with Crippen molar-refractivity contribution in [3.05, 3.63) is 21.4 Å². The summed E-state index contributed by atoms with van der Waals surface area (Å²) < 4.78 is 32.3. The fraction of sp³-hybridized carbons (Fsp3) is 0.636. The number of carbonyl (C=O) groups is 4. The van der Waals surface area contributed by atoms with Gasteiger partial charge in [0.1, 0.15) is 10.5 Å². The molecule has 0 aliphatic heterocycles. The third kappa shape index (κ3) is 7.02. The topological polar surface area (TPSA) is 134 Å². The minimum absolute atomic E-state index is 0.128. The van der Waals surface area contributed by atoms with E-state index in [1.54, 1.807) is 47.6 Å². The Morgan fingerprint density at radius 2 is 1.65 bits per heavy atom. The molecule has 1 aromatic heterocycles. The molecule has 1 aromatic rings. The number of hydrogen-bond donors (Lipinski definition) is 1. The van der Waals surface area contributed by atoms with Crippen molar-refractivity contribution in [2.75, 3.05) is 27.4 Å². The third-order valence-electron chi connectivity index (χ3n) is 4.73. The summed E-state index contributed by atoms with van der Waals surface area (Å²) in [5.41, 5.74) is -0.197. The van der Waals surface area contributed by atoms with Crippen LogP contribution in [0.1, 0.15) is 61.2 Å². The lowest BCUT2D eigenvalue weighted by Crippen LogP contribution is -2.51. The molecule has 0 spiro atoms. The number of rotatable bonds is 10. The summed E-state index contributed by atoms with van der Waals surface area (Å²) in [6, 6.07) is 1.58. The molecule has 0 aromatic carbocycles. The number of esters is 3. The van der Waals surface area contributed by atoms with E-state index in [2.05, 4.69) is 5.32 Å². The largest absolute Gasteiger partial charge is 0.468 e. The van der Waals surface area contributed by atoms with Crippen LogP contribution in [0.3, 0.4) is 0 Å². The second-order valence-electron chi connectivity index (χ2n) is 8.27. The van der Waals surface area contributed by atoms with Crippen LogP contribution in [0, 0.1) is 6.92 Å². The van der Waals surface area contributed by atoms with Crippen LogP contribution in [-0.2, 0) is 44.1 Å². The highest BCUT2D eigenvalue weighted by atomic mass is 32.2. The zero-order chi connectivity index (χ0) is 26.3. The highest BCUT2D eigenvalue weighted by Crippen LogP contribution is 2.41. The predicted molar refractivity (Wildman–Crippen MR) is 127 cm³/mol. The summed E-state index contributed by atoms with van der Waals surface area (Å²) in [4.78, 5) is 50.4. The fourth-order valence-corrected chi connectivity index (χ4v) is 6.58. The van der Waals surface area contributed by atoms with Crippen LogP contribution in [0.2, 0.25) is 0 Å². The third-order valence-corrected chi connectivity index (χ3v) is 8.50. The number of carbonyl (C=O) groups excluding carboxylic acids is 4.